The van der Waals surface area contributed by atoms with E-state index in [2.05, 4.69) is 4.72 Å². The Bertz CT molecular complexity index is 1700. The summed E-state index contributed by atoms with van der Waals surface area (Å²) in [6.45, 7) is 7.64. The first kappa shape index (κ1) is 36.8. The smallest absolute Gasteiger partial charge is 0.271 e. The van der Waals surface area contributed by atoms with Crippen molar-refractivity contribution < 1.29 is 36.2 Å². The minimum atomic E-state index is -3.88. The van der Waals surface area contributed by atoms with E-state index < -0.39 is 38.1 Å². The van der Waals surface area contributed by atoms with E-state index in [0.29, 0.717) is 18.8 Å². The summed E-state index contributed by atoms with van der Waals surface area (Å²) in [6, 6.07) is 13.8. The Morgan fingerprint density at radius 2 is 1.81 bits per heavy atom. The molecule has 0 unspecified atom stereocenters. The molecule has 2 aromatic carbocycles. The van der Waals surface area contributed by atoms with Gasteiger partial charge in [-0.1, -0.05) is 30.7 Å². The number of fused-ring (bicyclic) bond motifs is 1. The molecule has 2 heterocycles. The van der Waals surface area contributed by atoms with Crippen molar-refractivity contribution >= 4 is 43.0 Å². The Morgan fingerprint density at radius 3 is 2.47 bits per heavy atom. The standard InChI is InChI=1S/C33H45N3O8S3/c1-23-11-14-28(15-12-23)47(41,42)35(5)21-31-24(2)20-36(25(3)22-37)33(38)29-19-27(34-46(39,40)32-10-8-18-45-32)13-16-30(29)44-26(4)9-6-7-17-43-31/h8,10-16,18-19,24-26,31,34,37H,6-7,9,17,20-22H2,1-5H3/t24-,25-,26+,31-/m0/s1. The minimum absolute atomic E-state index is 0.0532. The molecule has 3 aromatic rings. The van der Waals surface area contributed by atoms with Crippen LogP contribution in [0.25, 0.3) is 0 Å². The number of carbonyl (C=O) groups is 1. The molecule has 1 amide bonds. The van der Waals surface area contributed by atoms with Gasteiger partial charge in [-0.2, -0.15) is 4.31 Å². The topological polar surface area (TPSA) is 143 Å². The van der Waals surface area contributed by atoms with Gasteiger partial charge in [-0.15, -0.1) is 11.3 Å². The van der Waals surface area contributed by atoms with E-state index in [9.17, 15) is 26.7 Å². The number of nitrogens with zero attached hydrogens (tertiary/aromatic N) is 2. The zero-order chi connectivity index (χ0) is 34.4. The molecular formula is C33H45N3O8S3. The Hall–Kier alpha value is -3.01. The van der Waals surface area contributed by atoms with Crippen LogP contribution in [0.2, 0.25) is 0 Å². The molecular weight excluding hydrogens is 663 g/mol. The molecule has 1 aliphatic heterocycles. The van der Waals surface area contributed by atoms with Crippen LogP contribution in [0.15, 0.2) is 69.1 Å². The van der Waals surface area contributed by atoms with Crippen molar-refractivity contribution in [3.8, 4) is 5.75 Å². The molecule has 2 N–H and O–H groups in total. The van der Waals surface area contributed by atoms with E-state index in [1.807, 2.05) is 20.8 Å². The molecule has 0 radical (unpaired) electrons. The third kappa shape index (κ3) is 9.33. The number of anilines is 1. The van der Waals surface area contributed by atoms with Gasteiger partial charge in [0.25, 0.3) is 15.9 Å². The van der Waals surface area contributed by atoms with Gasteiger partial charge in [0.05, 0.1) is 35.3 Å². The van der Waals surface area contributed by atoms with Gasteiger partial charge in [0.15, 0.2) is 0 Å². The second kappa shape index (κ2) is 15.9. The number of aryl methyl sites for hydroxylation is 1. The highest BCUT2D eigenvalue weighted by molar-refractivity contribution is 7.94. The van der Waals surface area contributed by atoms with E-state index >= 15 is 0 Å². The lowest BCUT2D eigenvalue weighted by Crippen LogP contribution is -2.48. The van der Waals surface area contributed by atoms with Gasteiger partial charge in [-0.3, -0.25) is 9.52 Å². The molecule has 1 aromatic heterocycles. The van der Waals surface area contributed by atoms with Gasteiger partial charge in [0.2, 0.25) is 10.0 Å². The fourth-order valence-corrected chi connectivity index (χ4v) is 8.54. The van der Waals surface area contributed by atoms with Crippen LogP contribution in [0.3, 0.4) is 0 Å². The number of thiophene rings is 1. The number of hydrogen-bond donors (Lipinski definition) is 2. The lowest BCUT2D eigenvalue weighted by Gasteiger charge is -2.35. The van der Waals surface area contributed by atoms with Crippen LogP contribution in [0.1, 0.15) is 56.0 Å². The molecule has 14 heteroatoms. The highest BCUT2D eigenvalue weighted by atomic mass is 32.2. The monoisotopic (exact) mass is 707 g/mol. The van der Waals surface area contributed by atoms with Crippen LogP contribution in [0, 0.1) is 12.8 Å². The van der Waals surface area contributed by atoms with Crippen LogP contribution in [0.5, 0.6) is 5.75 Å². The number of carbonyl (C=O) groups excluding carboxylic acids is 1. The average molecular weight is 708 g/mol. The highest BCUT2D eigenvalue weighted by Crippen LogP contribution is 2.30. The van der Waals surface area contributed by atoms with Gasteiger partial charge in [-0.05, 0) is 81.8 Å². The number of aliphatic hydroxyl groups is 1. The second-order valence-corrected chi connectivity index (χ2v) is 17.0. The predicted octanol–water partition coefficient (Wildman–Crippen LogP) is 4.97. The zero-order valence-electron chi connectivity index (χ0n) is 27.5. The maximum Gasteiger partial charge on any atom is 0.271 e. The SMILES string of the molecule is Cc1ccc(S(=O)(=O)N(C)C[C@@H]2OCCCC[C@@H](C)Oc3ccc(NS(=O)(=O)c4cccs4)cc3C(=O)N([C@@H](C)CO)C[C@@H]2C)cc1. The first-order valence-electron chi connectivity index (χ1n) is 15.7. The Kier molecular flexibility index (Phi) is 12.5. The van der Waals surface area contributed by atoms with Gasteiger partial charge in [-0.25, -0.2) is 16.8 Å². The summed E-state index contributed by atoms with van der Waals surface area (Å²) < 4.78 is 69.4. The van der Waals surface area contributed by atoms with Crippen molar-refractivity contribution in [1.82, 2.24) is 9.21 Å². The quantitative estimate of drug-likeness (QED) is 0.318. The van der Waals surface area contributed by atoms with Crippen LogP contribution < -0.4 is 9.46 Å². The normalized spacial score (nSPS) is 21.0. The number of hydrogen-bond acceptors (Lipinski definition) is 9. The predicted molar refractivity (Wildman–Crippen MR) is 183 cm³/mol. The molecule has 0 saturated carbocycles. The van der Waals surface area contributed by atoms with Crippen LogP contribution in [-0.2, 0) is 24.8 Å². The summed E-state index contributed by atoms with van der Waals surface area (Å²) in [4.78, 5) is 16.0. The third-order valence-electron chi connectivity index (χ3n) is 8.23. The fourth-order valence-electron chi connectivity index (χ4n) is 5.31. The average Bonchev–Trinajstić information content (AvgIpc) is 3.59. The number of benzene rings is 2. The van der Waals surface area contributed by atoms with E-state index in [-0.39, 0.29) is 52.1 Å². The summed E-state index contributed by atoms with van der Waals surface area (Å²) in [5.74, 6) is -0.511. The van der Waals surface area contributed by atoms with Crippen LogP contribution >= 0.6 is 11.3 Å². The molecule has 1 aliphatic rings. The summed E-state index contributed by atoms with van der Waals surface area (Å²) >= 11 is 1.08. The van der Waals surface area contributed by atoms with Crippen LogP contribution in [-0.4, -0.2) is 88.7 Å². The zero-order valence-corrected chi connectivity index (χ0v) is 29.9. The summed E-state index contributed by atoms with van der Waals surface area (Å²) in [7, 11) is -6.17. The molecule has 4 rings (SSSR count). The van der Waals surface area contributed by atoms with Gasteiger partial charge in [0.1, 0.15) is 9.96 Å². The molecule has 0 saturated heterocycles. The summed E-state index contributed by atoms with van der Waals surface area (Å²) in [5.41, 5.74) is 1.28. The maximum absolute atomic E-state index is 14.3. The Labute approximate surface area is 282 Å². The third-order valence-corrected chi connectivity index (χ3v) is 12.8. The number of ether oxygens (including phenoxy) is 2. The van der Waals surface area contributed by atoms with Crippen LogP contribution in [0.4, 0.5) is 5.69 Å². The van der Waals surface area contributed by atoms with Crippen molar-refractivity contribution in [2.75, 3.05) is 38.1 Å². The van der Waals surface area contributed by atoms with E-state index in [1.165, 1.54) is 28.4 Å². The molecule has 0 aliphatic carbocycles. The molecule has 0 spiro atoms. The first-order chi connectivity index (χ1) is 22.2. The number of sulfonamides is 2. The second-order valence-electron chi connectivity index (χ2n) is 12.1. The van der Waals surface area contributed by atoms with E-state index in [1.54, 1.807) is 54.8 Å². The van der Waals surface area contributed by atoms with E-state index in [4.69, 9.17) is 9.47 Å². The fraction of sp³-hybridized carbons (Fsp3) is 0.485. The molecule has 0 bridgehead atoms. The number of nitrogens with one attached hydrogen (secondary N) is 1. The lowest BCUT2D eigenvalue weighted by atomic mass is 10.0. The van der Waals surface area contributed by atoms with Crippen molar-refractivity contribution in [2.24, 2.45) is 5.92 Å². The number of likely N-dealkylation sites (N-methyl/N-ethyl adjacent to an activating group) is 1. The molecule has 4 atom stereocenters. The molecule has 258 valence electrons. The number of amides is 1. The van der Waals surface area contributed by atoms with Crippen molar-refractivity contribution in [3.63, 3.8) is 0 Å². The number of aliphatic hydroxyl groups excluding tert-OH is 1. The van der Waals surface area contributed by atoms with Crippen molar-refractivity contribution in [3.05, 3.63) is 71.1 Å². The van der Waals surface area contributed by atoms with Crippen molar-refractivity contribution in [1.29, 1.82) is 0 Å². The number of rotatable bonds is 9. The first-order valence-corrected chi connectivity index (χ1v) is 19.5. The van der Waals surface area contributed by atoms with E-state index in [0.717, 1.165) is 29.7 Å². The largest absolute Gasteiger partial charge is 0.490 e. The Morgan fingerprint density at radius 1 is 1.09 bits per heavy atom. The van der Waals surface area contributed by atoms with Gasteiger partial charge >= 0.3 is 0 Å². The maximum atomic E-state index is 14.3. The summed E-state index contributed by atoms with van der Waals surface area (Å²) in [5, 5.41) is 11.9. The molecule has 11 nitrogen and oxygen atoms in total. The summed E-state index contributed by atoms with van der Waals surface area (Å²) in [6.07, 6.45) is 1.33. The molecule has 47 heavy (non-hydrogen) atoms. The van der Waals surface area contributed by atoms with Crippen molar-refractivity contribution in [2.45, 2.75) is 74.3 Å². The highest BCUT2D eigenvalue weighted by Gasteiger charge is 2.32. The molecule has 0 fully saturated rings. The van der Waals surface area contributed by atoms with Gasteiger partial charge in [0, 0.05) is 38.3 Å². The Balaban J connectivity index is 1.67. The lowest BCUT2D eigenvalue weighted by molar-refractivity contribution is -0.00833. The minimum Gasteiger partial charge on any atom is -0.490 e. The van der Waals surface area contributed by atoms with Gasteiger partial charge < -0.3 is 19.5 Å².